The summed E-state index contributed by atoms with van der Waals surface area (Å²) in [5.41, 5.74) is -0.986. The van der Waals surface area contributed by atoms with Crippen LogP contribution in [-0.2, 0) is 11.2 Å². The molecule has 0 unspecified atom stereocenters. The highest BCUT2D eigenvalue weighted by Crippen LogP contribution is 2.35. The Morgan fingerprint density at radius 3 is 2.67 bits per heavy atom. The highest BCUT2D eigenvalue weighted by molar-refractivity contribution is 6.32. The lowest BCUT2D eigenvalue weighted by atomic mass is 10.2. The minimum atomic E-state index is -2.98. The predicted molar refractivity (Wildman–Crippen MR) is 47.2 cm³/mol. The number of rotatable bonds is 3. The van der Waals surface area contributed by atoms with Gasteiger partial charge in [-0.15, -0.1) is 0 Å². The monoisotopic (exact) mass is 237 g/mol. The molecule has 4 nitrogen and oxygen atoms in total. The van der Waals surface area contributed by atoms with Crippen LogP contribution in [0.2, 0.25) is 5.02 Å². The molecule has 0 fully saturated rings. The second-order valence-corrected chi connectivity index (χ2v) is 3.07. The number of carboxylic acid groups (broad SMARTS) is 1. The summed E-state index contributed by atoms with van der Waals surface area (Å²) in [7, 11) is 0. The molecule has 0 saturated heterocycles. The fourth-order valence-electron chi connectivity index (χ4n) is 1.01. The SMILES string of the molecule is O=C(O)Cc1ncc(O)c(C(F)F)c1Cl. The van der Waals surface area contributed by atoms with Gasteiger partial charge in [-0.3, -0.25) is 9.78 Å². The molecule has 2 N–H and O–H groups in total. The molecular formula is C8H6ClF2NO3. The maximum atomic E-state index is 12.4. The number of aromatic hydroxyl groups is 1. The van der Waals surface area contributed by atoms with Gasteiger partial charge >= 0.3 is 5.97 Å². The number of aromatic nitrogens is 1. The molecule has 0 atom stereocenters. The van der Waals surface area contributed by atoms with E-state index in [1.807, 2.05) is 0 Å². The zero-order valence-corrected chi connectivity index (χ0v) is 8.00. The molecule has 1 heterocycles. The Kier molecular flexibility index (Phi) is 3.41. The molecule has 0 saturated carbocycles. The Morgan fingerprint density at radius 2 is 2.20 bits per heavy atom. The molecule has 0 aromatic carbocycles. The Morgan fingerprint density at radius 1 is 1.60 bits per heavy atom. The highest BCUT2D eigenvalue weighted by Gasteiger charge is 2.21. The molecule has 0 aliphatic carbocycles. The quantitative estimate of drug-likeness (QED) is 0.844. The van der Waals surface area contributed by atoms with Gasteiger partial charge in [0.1, 0.15) is 5.75 Å². The van der Waals surface area contributed by atoms with Crippen LogP contribution in [0, 0.1) is 0 Å². The summed E-state index contributed by atoms with van der Waals surface area (Å²) in [6.07, 6.45) is -2.79. The number of carboxylic acids is 1. The van der Waals surface area contributed by atoms with E-state index in [1.54, 1.807) is 0 Å². The zero-order valence-electron chi connectivity index (χ0n) is 7.25. The number of hydrogen-bond acceptors (Lipinski definition) is 3. The van der Waals surface area contributed by atoms with Crippen molar-refractivity contribution in [3.8, 4) is 5.75 Å². The van der Waals surface area contributed by atoms with Gasteiger partial charge in [-0.2, -0.15) is 0 Å². The Labute approximate surface area is 88.1 Å². The second-order valence-electron chi connectivity index (χ2n) is 2.69. The summed E-state index contributed by atoms with van der Waals surface area (Å²) in [4.78, 5) is 13.8. The first kappa shape index (κ1) is 11.6. The lowest BCUT2D eigenvalue weighted by molar-refractivity contribution is -0.136. The van der Waals surface area contributed by atoms with Crippen molar-refractivity contribution in [2.45, 2.75) is 12.8 Å². The van der Waals surface area contributed by atoms with E-state index in [-0.39, 0.29) is 5.69 Å². The molecular weight excluding hydrogens is 232 g/mol. The fraction of sp³-hybridized carbons (Fsp3) is 0.250. The summed E-state index contributed by atoms with van der Waals surface area (Å²) in [6.45, 7) is 0. The number of nitrogens with zero attached hydrogens (tertiary/aromatic N) is 1. The normalized spacial score (nSPS) is 10.7. The number of alkyl halides is 2. The molecule has 0 aliphatic rings. The van der Waals surface area contributed by atoms with E-state index in [0.717, 1.165) is 6.20 Å². The van der Waals surface area contributed by atoms with E-state index >= 15 is 0 Å². The van der Waals surface area contributed by atoms with Gasteiger partial charge < -0.3 is 10.2 Å². The van der Waals surface area contributed by atoms with Gasteiger partial charge in [-0.25, -0.2) is 8.78 Å². The Balaban J connectivity index is 3.22. The zero-order chi connectivity index (χ0) is 11.6. The number of aliphatic carboxylic acids is 1. The lowest BCUT2D eigenvalue weighted by Crippen LogP contribution is -2.05. The number of pyridine rings is 1. The van der Waals surface area contributed by atoms with Gasteiger partial charge in [-0.1, -0.05) is 11.6 Å². The first-order chi connectivity index (χ1) is 6.93. The van der Waals surface area contributed by atoms with Crippen LogP contribution in [0.3, 0.4) is 0 Å². The van der Waals surface area contributed by atoms with E-state index in [4.69, 9.17) is 21.8 Å². The van der Waals surface area contributed by atoms with E-state index in [2.05, 4.69) is 4.98 Å². The minimum absolute atomic E-state index is 0.197. The largest absolute Gasteiger partial charge is 0.506 e. The van der Waals surface area contributed by atoms with E-state index in [9.17, 15) is 13.6 Å². The van der Waals surface area contributed by atoms with Crippen LogP contribution < -0.4 is 0 Å². The summed E-state index contributed by atoms with van der Waals surface area (Å²) >= 11 is 5.49. The van der Waals surface area contributed by atoms with E-state index in [0.29, 0.717) is 0 Å². The number of carbonyl (C=O) groups is 1. The highest BCUT2D eigenvalue weighted by atomic mass is 35.5. The molecule has 7 heteroatoms. The molecule has 0 amide bonds. The first-order valence-electron chi connectivity index (χ1n) is 3.79. The number of halogens is 3. The van der Waals surface area contributed by atoms with E-state index in [1.165, 1.54) is 0 Å². The summed E-state index contributed by atoms with van der Waals surface area (Å²) in [6, 6.07) is 0. The van der Waals surface area contributed by atoms with Crippen LogP contribution in [0.25, 0.3) is 0 Å². The van der Waals surface area contributed by atoms with Crippen LogP contribution in [0.4, 0.5) is 8.78 Å². The third kappa shape index (κ3) is 2.53. The van der Waals surface area contributed by atoms with Crippen molar-refractivity contribution in [1.82, 2.24) is 4.98 Å². The smallest absolute Gasteiger partial charge is 0.309 e. The van der Waals surface area contributed by atoms with Crippen molar-refractivity contribution in [2.75, 3.05) is 0 Å². The molecule has 0 bridgehead atoms. The van der Waals surface area contributed by atoms with Gasteiger partial charge in [0.05, 0.1) is 28.9 Å². The maximum Gasteiger partial charge on any atom is 0.309 e. The molecule has 1 aromatic heterocycles. The van der Waals surface area contributed by atoms with Gasteiger partial charge in [0.25, 0.3) is 6.43 Å². The molecule has 0 aliphatic heterocycles. The van der Waals surface area contributed by atoms with Crippen LogP contribution >= 0.6 is 11.6 Å². The van der Waals surface area contributed by atoms with Crippen LogP contribution in [0.1, 0.15) is 17.7 Å². The predicted octanol–water partition coefficient (Wildman–Crippen LogP) is 2.01. The summed E-state index contributed by atoms with van der Waals surface area (Å²) < 4.78 is 24.8. The fourth-order valence-corrected chi connectivity index (χ4v) is 1.30. The summed E-state index contributed by atoms with van der Waals surface area (Å²) in [5, 5.41) is 17.0. The second kappa shape index (κ2) is 4.39. The van der Waals surface area contributed by atoms with E-state index < -0.39 is 35.2 Å². The summed E-state index contributed by atoms with van der Waals surface area (Å²) in [5.74, 6) is -1.99. The third-order valence-electron chi connectivity index (χ3n) is 1.65. The van der Waals surface area contributed by atoms with Crippen molar-refractivity contribution in [3.05, 3.63) is 22.5 Å². The van der Waals surface area contributed by atoms with Crippen LogP contribution in [0.15, 0.2) is 6.20 Å². The third-order valence-corrected chi connectivity index (χ3v) is 2.07. The van der Waals surface area contributed by atoms with Crippen LogP contribution in [0.5, 0.6) is 5.75 Å². The maximum absolute atomic E-state index is 12.4. The average Bonchev–Trinajstić information content (AvgIpc) is 2.09. The molecule has 82 valence electrons. The van der Waals surface area contributed by atoms with Crippen molar-refractivity contribution < 1.29 is 23.8 Å². The van der Waals surface area contributed by atoms with Gasteiger partial charge in [-0.05, 0) is 0 Å². The van der Waals surface area contributed by atoms with Crippen LogP contribution in [-0.4, -0.2) is 21.2 Å². The Hall–Kier alpha value is -1.43. The standard InChI is InChI=1S/C8H6ClF2NO3/c9-7-3(1-5(14)15)12-2-4(13)6(7)8(10)11/h2,8,13H,1H2,(H,14,15). The number of hydrogen-bond donors (Lipinski definition) is 2. The minimum Gasteiger partial charge on any atom is -0.506 e. The Bertz CT molecular complexity index is 398. The molecule has 0 spiro atoms. The van der Waals surface area contributed by atoms with Crippen molar-refractivity contribution >= 4 is 17.6 Å². The topological polar surface area (TPSA) is 70.4 Å². The average molecular weight is 238 g/mol. The molecule has 1 rings (SSSR count). The molecule has 1 aromatic rings. The van der Waals surface area contributed by atoms with Gasteiger partial charge in [0.15, 0.2) is 0 Å². The van der Waals surface area contributed by atoms with Crippen molar-refractivity contribution in [2.24, 2.45) is 0 Å². The first-order valence-corrected chi connectivity index (χ1v) is 4.17. The lowest BCUT2D eigenvalue weighted by Gasteiger charge is -2.08. The molecule has 15 heavy (non-hydrogen) atoms. The molecule has 0 radical (unpaired) electrons. The van der Waals surface area contributed by atoms with Gasteiger partial charge in [0, 0.05) is 0 Å². The van der Waals surface area contributed by atoms with Crippen molar-refractivity contribution in [3.63, 3.8) is 0 Å². The van der Waals surface area contributed by atoms with Gasteiger partial charge in [0.2, 0.25) is 0 Å². The van der Waals surface area contributed by atoms with Crippen molar-refractivity contribution in [1.29, 1.82) is 0 Å².